The van der Waals surface area contributed by atoms with E-state index in [9.17, 15) is 14.3 Å². The molecule has 0 unspecified atom stereocenters. The maximum atomic E-state index is 13.5. The summed E-state index contributed by atoms with van der Waals surface area (Å²) in [7, 11) is 0. The Morgan fingerprint density at radius 1 is 1.54 bits per heavy atom. The largest absolute Gasteiger partial charge is 0.391 e. The van der Waals surface area contributed by atoms with E-state index in [-0.39, 0.29) is 24.4 Å². The van der Waals surface area contributed by atoms with E-state index in [1.807, 2.05) is 12.3 Å². The third-order valence-corrected chi connectivity index (χ3v) is 5.14. The first-order valence-corrected chi connectivity index (χ1v) is 8.86. The number of hydrogen-bond acceptors (Lipinski definition) is 4. The van der Waals surface area contributed by atoms with Gasteiger partial charge in [-0.05, 0) is 30.5 Å². The summed E-state index contributed by atoms with van der Waals surface area (Å²) in [5.41, 5.74) is 1.52. The van der Waals surface area contributed by atoms with Gasteiger partial charge in [0.1, 0.15) is 5.82 Å². The van der Waals surface area contributed by atoms with E-state index >= 15 is 0 Å². The molecule has 0 bridgehead atoms. The Bertz CT molecular complexity index is 721. The number of rotatable bonds is 4. The molecule has 128 valence electrons. The SMILES string of the molecule is CCc1nc(CNC(=O)N2C[C@@H](O)C[C@H]2c2cccc(F)c2)cs1. The number of hydrogen-bond donors (Lipinski definition) is 2. The lowest BCUT2D eigenvalue weighted by molar-refractivity contribution is 0.169. The zero-order valence-electron chi connectivity index (χ0n) is 13.4. The summed E-state index contributed by atoms with van der Waals surface area (Å²) in [4.78, 5) is 18.5. The van der Waals surface area contributed by atoms with Gasteiger partial charge in [-0.3, -0.25) is 0 Å². The van der Waals surface area contributed by atoms with Crippen molar-refractivity contribution >= 4 is 17.4 Å². The number of thiazole rings is 1. The molecule has 0 saturated carbocycles. The topological polar surface area (TPSA) is 65.5 Å². The Balaban J connectivity index is 1.67. The molecule has 2 N–H and O–H groups in total. The number of aromatic nitrogens is 1. The van der Waals surface area contributed by atoms with Gasteiger partial charge in [-0.15, -0.1) is 11.3 Å². The first kappa shape index (κ1) is 16.9. The van der Waals surface area contributed by atoms with Crippen LogP contribution in [0.5, 0.6) is 0 Å². The molecule has 1 aromatic heterocycles. The highest BCUT2D eigenvalue weighted by Gasteiger charge is 2.35. The Morgan fingerprint density at radius 2 is 2.38 bits per heavy atom. The number of nitrogens with zero attached hydrogens (tertiary/aromatic N) is 2. The standard InChI is InChI=1S/C17H20FN3O2S/c1-2-16-20-13(10-24-16)8-19-17(23)21-9-14(22)7-15(21)11-4-3-5-12(18)6-11/h3-6,10,14-15,22H,2,7-9H2,1H3,(H,19,23)/t14-,15-/m0/s1. The molecule has 3 rings (SSSR count). The maximum absolute atomic E-state index is 13.5. The van der Waals surface area contributed by atoms with Crippen LogP contribution >= 0.6 is 11.3 Å². The third-order valence-electron chi connectivity index (χ3n) is 4.10. The highest BCUT2D eigenvalue weighted by atomic mass is 32.1. The predicted octanol–water partition coefficient (Wildman–Crippen LogP) is 2.86. The lowest BCUT2D eigenvalue weighted by Gasteiger charge is -2.25. The summed E-state index contributed by atoms with van der Waals surface area (Å²) in [6.07, 6.45) is 0.682. The molecule has 7 heteroatoms. The van der Waals surface area contributed by atoms with Gasteiger partial charge in [-0.1, -0.05) is 19.1 Å². The lowest BCUT2D eigenvalue weighted by atomic mass is 10.0. The molecule has 1 fully saturated rings. The zero-order chi connectivity index (χ0) is 17.1. The second-order valence-electron chi connectivity index (χ2n) is 5.86. The van der Waals surface area contributed by atoms with E-state index in [1.165, 1.54) is 12.1 Å². The number of carbonyl (C=O) groups excluding carboxylic acids is 1. The molecule has 2 aromatic rings. The quantitative estimate of drug-likeness (QED) is 0.892. The highest BCUT2D eigenvalue weighted by Crippen LogP contribution is 2.32. The first-order valence-electron chi connectivity index (χ1n) is 7.98. The van der Waals surface area contributed by atoms with E-state index in [4.69, 9.17) is 0 Å². The van der Waals surface area contributed by atoms with Crippen molar-refractivity contribution in [2.24, 2.45) is 0 Å². The fourth-order valence-electron chi connectivity index (χ4n) is 2.93. The normalized spacial score (nSPS) is 20.4. The third kappa shape index (κ3) is 3.73. The van der Waals surface area contributed by atoms with Crippen LogP contribution in [0.3, 0.4) is 0 Å². The Hall–Kier alpha value is -1.99. The second-order valence-corrected chi connectivity index (χ2v) is 6.80. The van der Waals surface area contributed by atoms with Crippen LogP contribution < -0.4 is 5.32 Å². The van der Waals surface area contributed by atoms with Crippen LogP contribution in [0.2, 0.25) is 0 Å². The van der Waals surface area contributed by atoms with E-state index < -0.39 is 6.10 Å². The highest BCUT2D eigenvalue weighted by molar-refractivity contribution is 7.09. The van der Waals surface area contributed by atoms with Gasteiger partial charge in [0, 0.05) is 11.9 Å². The molecule has 1 aromatic carbocycles. The molecule has 0 spiro atoms. The van der Waals surface area contributed by atoms with Crippen LogP contribution in [0, 0.1) is 5.82 Å². The fourth-order valence-corrected chi connectivity index (χ4v) is 3.67. The molecule has 0 aliphatic carbocycles. The van der Waals surface area contributed by atoms with Gasteiger partial charge in [0.15, 0.2) is 0 Å². The zero-order valence-corrected chi connectivity index (χ0v) is 14.2. The molecular formula is C17H20FN3O2S. The number of benzene rings is 1. The van der Waals surface area contributed by atoms with Gasteiger partial charge >= 0.3 is 6.03 Å². The Kier molecular flexibility index (Phi) is 5.11. The number of aryl methyl sites for hydroxylation is 1. The van der Waals surface area contributed by atoms with E-state index in [2.05, 4.69) is 10.3 Å². The number of β-amino-alcohol motifs (C(OH)–C–C–N with tert-alkyl or cyclic N) is 1. The minimum Gasteiger partial charge on any atom is -0.391 e. The van der Waals surface area contributed by atoms with Crippen molar-refractivity contribution in [3.8, 4) is 0 Å². The number of urea groups is 1. The van der Waals surface area contributed by atoms with Gasteiger partial charge in [0.25, 0.3) is 0 Å². The van der Waals surface area contributed by atoms with Gasteiger partial charge < -0.3 is 15.3 Å². The molecule has 24 heavy (non-hydrogen) atoms. The number of carbonyl (C=O) groups is 1. The van der Waals surface area contributed by atoms with Crippen molar-refractivity contribution in [3.05, 3.63) is 51.7 Å². The maximum Gasteiger partial charge on any atom is 0.318 e. The first-order chi connectivity index (χ1) is 11.6. The summed E-state index contributed by atoms with van der Waals surface area (Å²) in [6.45, 7) is 2.62. The van der Waals surface area contributed by atoms with Crippen molar-refractivity contribution in [2.45, 2.75) is 38.5 Å². The smallest absolute Gasteiger partial charge is 0.318 e. The van der Waals surface area contributed by atoms with Crippen molar-refractivity contribution < 1.29 is 14.3 Å². The number of amides is 2. The summed E-state index contributed by atoms with van der Waals surface area (Å²) < 4.78 is 13.5. The van der Waals surface area contributed by atoms with Crippen LogP contribution in [0.4, 0.5) is 9.18 Å². The van der Waals surface area contributed by atoms with Gasteiger partial charge in [0.2, 0.25) is 0 Å². The van der Waals surface area contributed by atoms with E-state index in [0.717, 1.165) is 17.1 Å². The van der Waals surface area contributed by atoms with Crippen LogP contribution in [-0.4, -0.2) is 33.7 Å². The average Bonchev–Trinajstić information content (AvgIpc) is 3.19. The molecule has 2 atom stereocenters. The number of halogens is 1. The lowest BCUT2D eigenvalue weighted by Crippen LogP contribution is -2.40. The van der Waals surface area contributed by atoms with Gasteiger partial charge in [0.05, 0.1) is 29.4 Å². The summed E-state index contributed by atoms with van der Waals surface area (Å²) in [5, 5.41) is 15.8. The van der Waals surface area contributed by atoms with Crippen LogP contribution in [-0.2, 0) is 13.0 Å². The van der Waals surface area contributed by atoms with Crippen molar-refractivity contribution in [1.82, 2.24) is 15.2 Å². The summed E-state index contributed by atoms with van der Waals surface area (Å²) >= 11 is 1.58. The molecule has 2 heterocycles. The van der Waals surface area contributed by atoms with Crippen molar-refractivity contribution in [1.29, 1.82) is 0 Å². The number of aliphatic hydroxyl groups excluding tert-OH is 1. The summed E-state index contributed by atoms with van der Waals surface area (Å²) in [5.74, 6) is -0.344. The van der Waals surface area contributed by atoms with Crippen LogP contribution in [0.25, 0.3) is 0 Å². The van der Waals surface area contributed by atoms with Gasteiger partial charge in [-0.25, -0.2) is 14.2 Å². The molecule has 1 aliphatic rings. The minimum atomic E-state index is -0.602. The Morgan fingerprint density at radius 3 is 3.08 bits per heavy atom. The predicted molar refractivity (Wildman–Crippen MR) is 90.2 cm³/mol. The molecule has 2 amide bonds. The number of aliphatic hydroxyl groups is 1. The van der Waals surface area contributed by atoms with Crippen LogP contribution in [0.1, 0.15) is 35.7 Å². The molecule has 5 nitrogen and oxygen atoms in total. The molecule has 0 radical (unpaired) electrons. The van der Waals surface area contributed by atoms with Crippen molar-refractivity contribution in [2.75, 3.05) is 6.54 Å². The number of nitrogens with one attached hydrogen (secondary N) is 1. The molecular weight excluding hydrogens is 329 g/mol. The second kappa shape index (κ2) is 7.27. The fraction of sp³-hybridized carbons (Fsp3) is 0.412. The van der Waals surface area contributed by atoms with E-state index in [1.54, 1.807) is 28.4 Å². The van der Waals surface area contributed by atoms with Gasteiger partial charge in [-0.2, -0.15) is 0 Å². The summed E-state index contributed by atoms with van der Waals surface area (Å²) in [6, 6.07) is 5.58. The van der Waals surface area contributed by atoms with Crippen molar-refractivity contribution in [3.63, 3.8) is 0 Å². The van der Waals surface area contributed by atoms with E-state index in [0.29, 0.717) is 18.5 Å². The minimum absolute atomic E-state index is 0.240. The Labute approximate surface area is 144 Å². The molecule has 1 saturated heterocycles. The van der Waals surface area contributed by atoms with Crippen LogP contribution in [0.15, 0.2) is 29.6 Å². The monoisotopic (exact) mass is 349 g/mol. The average molecular weight is 349 g/mol. The molecule has 1 aliphatic heterocycles. The number of likely N-dealkylation sites (tertiary alicyclic amines) is 1.